The van der Waals surface area contributed by atoms with E-state index in [2.05, 4.69) is 14.8 Å². The first-order chi connectivity index (χ1) is 11.2. The zero-order valence-electron chi connectivity index (χ0n) is 13.2. The van der Waals surface area contributed by atoms with Crippen LogP contribution in [0, 0.1) is 23.4 Å². The van der Waals surface area contributed by atoms with Crippen LogP contribution in [0.3, 0.4) is 0 Å². The first kappa shape index (κ1) is 19.5. The average molecular weight is 347 g/mol. The molecule has 0 bridgehead atoms. The summed E-state index contributed by atoms with van der Waals surface area (Å²) in [5.41, 5.74) is -1.05. The fourth-order valence-electron chi connectivity index (χ4n) is 2.00. The Hall–Kier alpha value is -2.58. The maximum atomic E-state index is 13.6. The molecule has 0 aliphatic carbocycles. The number of ether oxygens (including phenoxy) is 2. The van der Waals surface area contributed by atoms with Gasteiger partial charge in [-0.25, -0.2) is 18.0 Å². The van der Waals surface area contributed by atoms with E-state index < -0.39 is 52.8 Å². The Bertz CT molecular complexity index is 627. The van der Waals surface area contributed by atoms with Gasteiger partial charge in [-0.2, -0.15) is 0 Å². The largest absolute Gasteiger partial charge is 0.469 e. The standard InChI is InChI=1S/C15H16F3NO5/c1-7(4-11(20)23-2)13(15(22)24-3)19-14(21)12-9(17)5-8(16)6-10(12)18/h5-7,13H,4H2,1-3H3,(H,19,21)/t7-,13-/m1/s1. The second-order valence-corrected chi connectivity index (χ2v) is 4.98. The number of carbonyl (C=O) groups is 3. The van der Waals surface area contributed by atoms with Crippen molar-refractivity contribution in [3.8, 4) is 0 Å². The molecule has 9 heteroatoms. The topological polar surface area (TPSA) is 81.7 Å². The number of esters is 2. The summed E-state index contributed by atoms with van der Waals surface area (Å²) >= 11 is 0. The first-order valence-electron chi connectivity index (χ1n) is 6.81. The van der Waals surface area contributed by atoms with Crippen molar-refractivity contribution in [1.29, 1.82) is 0 Å². The van der Waals surface area contributed by atoms with Crippen molar-refractivity contribution in [2.75, 3.05) is 14.2 Å². The third-order valence-electron chi connectivity index (χ3n) is 3.26. The van der Waals surface area contributed by atoms with Crippen LogP contribution >= 0.6 is 0 Å². The SMILES string of the molecule is COC(=O)C[C@@H](C)[C@@H](NC(=O)c1c(F)cc(F)cc1F)C(=O)OC. The number of carbonyl (C=O) groups excluding carboxylic acids is 3. The molecule has 0 radical (unpaired) electrons. The second kappa shape index (κ2) is 8.32. The van der Waals surface area contributed by atoms with Gasteiger partial charge in [0.15, 0.2) is 0 Å². The van der Waals surface area contributed by atoms with Crippen LogP contribution in [-0.4, -0.2) is 38.1 Å². The third-order valence-corrected chi connectivity index (χ3v) is 3.26. The molecular formula is C15H16F3NO5. The van der Waals surface area contributed by atoms with Crippen molar-refractivity contribution >= 4 is 17.8 Å². The molecule has 132 valence electrons. The van der Waals surface area contributed by atoms with Crippen LogP contribution in [0.25, 0.3) is 0 Å². The van der Waals surface area contributed by atoms with Crippen molar-refractivity contribution in [1.82, 2.24) is 5.32 Å². The van der Waals surface area contributed by atoms with Gasteiger partial charge in [0.05, 0.1) is 20.6 Å². The van der Waals surface area contributed by atoms with Gasteiger partial charge in [-0.05, 0) is 5.92 Å². The maximum absolute atomic E-state index is 13.6. The van der Waals surface area contributed by atoms with E-state index in [9.17, 15) is 27.6 Å². The number of benzene rings is 1. The maximum Gasteiger partial charge on any atom is 0.328 e. The number of halogens is 3. The summed E-state index contributed by atoms with van der Waals surface area (Å²) in [6, 6.07) is -0.683. The molecule has 24 heavy (non-hydrogen) atoms. The van der Waals surface area contributed by atoms with E-state index >= 15 is 0 Å². The number of methoxy groups -OCH3 is 2. The van der Waals surface area contributed by atoms with E-state index in [0.29, 0.717) is 12.1 Å². The highest BCUT2D eigenvalue weighted by Crippen LogP contribution is 2.17. The smallest absolute Gasteiger partial charge is 0.328 e. The minimum absolute atomic E-state index is 0.245. The van der Waals surface area contributed by atoms with Crippen LogP contribution in [0.1, 0.15) is 23.7 Å². The van der Waals surface area contributed by atoms with Gasteiger partial charge in [-0.15, -0.1) is 0 Å². The zero-order chi connectivity index (χ0) is 18.4. The van der Waals surface area contributed by atoms with Crippen molar-refractivity contribution in [3.05, 3.63) is 35.1 Å². The molecule has 0 aliphatic rings. The highest BCUT2D eigenvalue weighted by molar-refractivity contribution is 5.97. The normalized spacial score (nSPS) is 12.9. The number of nitrogens with one attached hydrogen (secondary N) is 1. The molecule has 0 aromatic heterocycles. The van der Waals surface area contributed by atoms with Crippen molar-refractivity contribution in [2.24, 2.45) is 5.92 Å². The van der Waals surface area contributed by atoms with E-state index in [0.717, 1.165) is 14.2 Å². The predicted octanol–water partition coefficient (Wildman–Crippen LogP) is 1.57. The average Bonchev–Trinajstić information content (AvgIpc) is 2.50. The van der Waals surface area contributed by atoms with Crippen molar-refractivity contribution in [2.45, 2.75) is 19.4 Å². The lowest BCUT2D eigenvalue weighted by molar-refractivity contribution is -0.146. The van der Waals surface area contributed by atoms with E-state index in [-0.39, 0.29) is 6.42 Å². The van der Waals surface area contributed by atoms with Crippen LogP contribution in [0.2, 0.25) is 0 Å². The summed E-state index contributed by atoms with van der Waals surface area (Å²) in [5, 5.41) is 2.09. The number of hydrogen-bond acceptors (Lipinski definition) is 5. The Labute approximate surface area is 135 Å². The van der Waals surface area contributed by atoms with Crippen LogP contribution in [0.4, 0.5) is 13.2 Å². The Morgan fingerprint density at radius 3 is 2.08 bits per heavy atom. The van der Waals surface area contributed by atoms with E-state index in [1.165, 1.54) is 6.92 Å². The molecule has 1 rings (SSSR count). The van der Waals surface area contributed by atoms with Gasteiger partial charge in [0.25, 0.3) is 5.91 Å². The molecule has 1 aromatic rings. The van der Waals surface area contributed by atoms with Crippen molar-refractivity contribution < 1.29 is 37.0 Å². The highest BCUT2D eigenvalue weighted by Gasteiger charge is 2.31. The molecule has 0 saturated carbocycles. The Balaban J connectivity index is 3.04. The molecule has 1 amide bonds. The Morgan fingerprint density at radius 2 is 1.62 bits per heavy atom. The quantitative estimate of drug-likeness (QED) is 0.790. The fraction of sp³-hybridized carbons (Fsp3) is 0.400. The first-order valence-corrected chi connectivity index (χ1v) is 6.81. The number of rotatable bonds is 6. The molecule has 2 atom stereocenters. The lowest BCUT2D eigenvalue weighted by Gasteiger charge is -2.22. The molecule has 0 fully saturated rings. The Morgan fingerprint density at radius 1 is 1.08 bits per heavy atom. The predicted molar refractivity (Wildman–Crippen MR) is 75.4 cm³/mol. The van der Waals surface area contributed by atoms with Crippen LogP contribution in [-0.2, 0) is 19.1 Å². The zero-order valence-corrected chi connectivity index (χ0v) is 13.2. The summed E-state index contributed by atoms with van der Waals surface area (Å²) in [5.74, 6) is -7.65. The molecule has 6 nitrogen and oxygen atoms in total. The molecule has 1 N–H and O–H groups in total. The van der Waals surface area contributed by atoms with Crippen LogP contribution in [0.15, 0.2) is 12.1 Å². The fourth-order valence-corrected chi connectivity index (χ4v) is 2.00. The van der Waals surface area contributed by atoms with Crippen molar-refractivity contribution in [3.63, 3.8) is 0 Å². The summed E-state index contributed by atoms with van der Waals surface area (Å²) in [6.45, 7) is 1.44. The number of amides is 1. The molecule has 0 saturated heterocycles. The molecule has 0 spiro atoms. The van der Waals surface area contributed by atoms with Crippen LogP contribution < -0.4 is 5.32 Å². The minimum Gasteiger partial charge on any atom is -0.469 e. The summed E-state index contributed by atoms with van der Waals surface area (Å²) in [7, 11) is 2.19. The van der Waals surface area contributed by atoms with Crippen LogP contribution in [0.5, 0.6) is 0 Å². The second-order valence-electron chi connectivity index (χ2n) is 4.98. The van der Waals surface area contributed by atoms with Gasteiger partial charge in [-0.3, -0.25) is 9.59 Å². The summed E-state index contributed by atoms with van der Waals surface area (Å²) in [6.07, 6.45) is -0.245. The molecule has 1 aromatic carbocycles. The molecule has 0 aliphatic heterocycles. The van der Waals surface area contributed by atoms with E-state index in [1.807, 2.05) is 0 Å². The summed E-state index contributed by atoms with van der Waals surface area (Å²) in [4.78, 5) is 35.1. The van der Waals surface area contributed by atoms with Gasteiger partial charge >= 0.3 is 11.9 Å². The molecule has 0 heterocycles. The van der Waals surface area contributed by atoms with Gasteiger partial charge in [0, 0.05) is 12.1 Å². The monoisotopic (exact) mass is 347 g/mol. The lowest BCUT2D eigenvalue weighted by Crippen LogP contribution is -2.46. The van der Waals surface area contributed by atoms with E-state index in [1.54, 1.807) is 0 Å². The van der Waals surface area contributed by atoms with E-state index in [4.69, 9.17) is 0 Å². The molecular weight excluding hydrogens is 331 g/mol. The van der Waals surface area contributed by atoms with Gasteiger partial charge in [-0.1, -0.05) is 6.92 Å². The minimum atomic E-state index is -1.42. The third kappa shape index (κ3) is 4.71. The Kier molecular flexibility index (Phi) is 6.75. The summed E-state index contributed by atoms with van der Waals surface area (Å²) < 4.78 is 49.1. The van der Waals surface area contributed by atoms with Gasteiger partial charge < -0.3 is 14.8 Å². The van der Waals surface area contributed by atoms with Gasteiger partial charge in [0.2, 0.25) is 0 Å². The lowest BCUT2D eigenvalue weighted by atomic mass is 9.97. The molecule has 0 unspecified atom stereocenters. The highest BCUT2D eigenvalue weighted by atomic mass is 19.1. The number of hydrogen-bond donors (Lipinski definition) is 1. The van der Waals surface area contributed by atoms with Gasteiger partial charge in [0.1, 0.15) is 29.1 Å².